The molecular formula is C13H25N3O3. The topological polar surface area (TPSA) is 96.9 Å². The van der Waals surface area contributed by atoms with E-state index in [0.29, 0.717) is 31.4 Å². The first-order valence-electron chi connectivity index (χ1n) is 7.00. The molecule has 0 spiro atoms. The lowest BCUT2D eigenvalue weighted by Gasteiger charge is -2.34. The van der Waals surface area contributed by atoms with E-state index >= 15 is 0 Å². The van der Waals surface area contributed by atoms with Crippen LogP contribution in [0.15, 0.2) is 5.16 Å². The van der Waals surface area contributed by atoms with Gasteiger partial charge in [0.2, 0.25) is 5.91 Å². The Morgan fingerprint density at radius 2 is 2.21 bits per heavy atom. The van der Waals surface area contributed by atoms with Gasteiger partial charge in [-0.25, -0.2) is 0 Å². The minimum absolute atomic E-state index is 0.115. The minimum atomic E-state index is 0.115. The normalized spacial score (nSPS) is 22.9. The van der Waals surface area contributed by atoms with Gasteiger partial charge in [0.1, 0.15) is 5.84 Å². The fourth-order valence-electron chi connectivity index (χ4n) is 2.26. The van der Waals surface area contributed by atoms with Gasteiger partial charge in [-0.3, -0.25) is 4.79 Å². The summed E-state index contributed by atoms with van der Waals surface area (Å²) in [5, 5.41) is 14.1. The maximum absolute atomic E-state index is 11.6. The fraction of sp³-hybridized carbons (Fsp3) is 0.846. The number of carbonyl (C=O) groups is 1. The van der Waals surface area contributed by atoms with Gasteiger partial charge in [-0.15, -0.1) is 0 Å². The maximum Gasteiger partial charge on any atom is 0.220 e. The predicted molar refractivity (Wildman–Crippen MR) is 73.0 cm³/mol. The zero-order valence-corrected chi connectivity index (χ0v) is 11.6. The van der Waals surface area contributed by atoms with Gasteiger partial charge < -0.3 is 21.0 Å². The number of ether oxygens (including phenoxy) is 1. The molecule has 4 N–H and O–H groups in total. The number of carbonyl (C=O) groups excluding carboxylic acids is 1. The summed E-state index contributed by atoms with van der Waals surface area (Å²) < 4.78 is 5.46. The summed E-state index contributed by atoms with van der Waals surface area (Å²) in [6.07, 6.45) is 5.19. The molecule has 0 unspecified atom stereocenters. The Hall–Kier alpha value is -1.30. The number of oxime groups is 1. The number of hydrogen-bond acceptors (Lipinski definition) is 4. The van der Waals surface area contributed by atoms with E-state index in [9.17, 15) is 4.79 Å². The first kappa shape index (κ1) is 15.8. The average Bonchev–Trinajstić information content (AvgIpc) is 2.35. The molecule has 1 rings (SSSR count). The van der Waals surface area contributed by atoms with Gasteiger partial charge in [-0.1, -0.05) is 5.16 Å². The summed E-state index contributed by atoms with van der Waals surface area (Å²) in [7, 11) is 0. The smallest absolute Gasteiger partial charge is 0.220 e. The Labute approximate surface area is 114 Å². The molecular weight excluding hydrogens is 246 g/mol. The van der Waals surface area contributed by atoms with Gasteiger partial charge in [0.25, 0.3) is 0 Å². The van der Waals surface area contributed by atoms with Crippen molar-refractivity contribution in [1.82, 2.24) is 5.32 Å². The van der Waals surface area contributed by atoms with Crippen molar-refractivity contribution in [3.63, 3.8) is 0 Å². The lowest BCUT2D eigenvalue weighted by atomic mass is 9.80. The molecule has 1 saturated carbocycles. The Kier molecular flexibility index (Phi) is 7.25. The standard InChI is InChI=1S/C13H25N3O3/c1-2-19-11-7-10(8-11)9-13(17)15-6-4-3-5-12(14)16-18/h10-11,18H,2-9H2,1H3,(H2,14,16)(H,15,17). The highest BCUT2D eigenvalue weighted by molar-refractivity contribution is 5.79. The van der Waals surface area contributed by atoms with Crippen molar-refractivity contribution in [2.75, 3.05) is 13.2 Å². The first-order chi connectivity index (χ1) is 9.15. The zero-order chi connectivity index (χ0) is 14.1. The molecule has 0 aromatic carbocycles. The molecule has 0 aromatic heterocycles. The zero-order valence-electron chi connectivity index (χ0n) is 11.6. The number of nitrogens with one attached hydrogen (secondary N) is 1. The number of hydrogen-bond donors (Lipinski definition) is 3. The van der Waals surface area contributed by atoms with Crippen LogP contribution in [-0.4, -0.2) is 36.2 Å². The molecule has 110 valence electrons. The van der Waals surface area contributed by atoms with Gasteiger partial charge in [0.05, 0.1) is 6.10 Å². The molecule has 1 aliphatic carbocycles. The molecule has 6 heteroatoms. The van der Waals surface area contributed by atoms with Crippen LogP contribution in [0.25, 0.3) is 0 Å². The molecule has 1 fully saturated rings. The number of unbranched alkanes of at least 4 members (excludes halogenated alkanes) is 1. The number of nitrogens with zero attached hydrogens (tertiary/aromatic N) is 1. The lowest BCUT2D eigenvalue weighted by Crippen LogP contribution is -2.36. The summed E-state index contributed by atoms with van der Waals surface area (Å²) in [5.41, 5.74) is 5.34. The number of nitrogens with two attached hydrogens (primary N) is 1. The summed E-state index contributed by atoms with van der Waals surface area (Å²) in [4.78, 5) is 11.6. The molecule has 0 saturated heterocycles. The second-order valence-electron chi connectivity index (χ2n) is 5.02. The molecule has 1 aliphatic rings. The van der Waals surface area contributed by atoms with E-state index in [-0.39, 0.29) is 11.7 Å². The molecule has 0 atom stereocenters. The van der Waals surface area contributed by atoms with Crippen molar-refractivity contribution in [1.29, 1.82) is 0 Å². The third kappa shape index (κ3) is 6.42. The summed E-state index contributed by atoms with van der Waals surface area (Å²) in [6.45, 7) is 3.40. The van der Waals surface area contributed by atoms with Crippen LogP contribution in [0.5, 0.6) is 0 Å². The molecule has 19 heavy (non-hydrogen) atoms. The van der Waals surface area contributed by atoms with Gasteiger partial charge in [0, 0.05) is 26.0 Å². The van der Waals surface area contributed by atoms with Crippen molar-refractivity contribution >= 4 is 11.7 Å². The van der Waals surface area contributed by atoms with Crippen molar-refractivity contribution in [2.45, 2.75) is 51.6 Å². The van der Waals surface area contributed by atoms with E-state index in [1.165, 1.54) is 0 Å². The van der Waals surface area contributed by atoms with Crippen LogP contribution in [0.4, 0.5) is 0 Å². The molecule has 0 radical (unpaired) electrons. The predicted octanol–water partition coefficient (Wildman–Crippen LogP) is 1.22. The molecule has 0 aromatic rings. The second kappa shape index (κ2) is 8.74. The van der Waals surface area contributed by atoms with E-state index in [1.54, 1.807) is 0 Å². The molecule has 0 bridgehead atoms. The van der Waals surface area contributed by atoms with Crippen molar-refractivity contribution in [3.8, 4) is 0 Å². The Morgan fingerprint density at radius 3 is 2.84 bits per heavy atom. The van der Waals surface area contributed by atoms with E-state index in [4.69, 9.17) is 15.7 Å². The van der Waals surface area contributed by atoms with Crippen LogP contribution >= 0.6 is 0 Å². The Balaban J connectivity index is 1.95. The molecule has 1 amide bonds. The number of amidine groups is 1. The Bertz CT molecular complexity index is 302. The van der Waals surface area contributed by atoms with Crippen LogP contribution in [0.2, 0.25) is 0 Å². The monoisotopic (exact) mass is 271 g/mol. The molecule has 0 heterocycles. The van der Waals surface area contributed by atoms with Crippen molar-refractivity contribution in [2.24, 2.45) is 16.8 Å². The van der Waals surface area contributed by atoms with E-state index < -0.39 is 0 Å². The molecule has 0 aliphatic heterocycles. The highest BCUT2D eigenvalue weighted by Gasteiger charge is 2.30. The number of rotatable bonds is 9. The van der Waals surface area contributed by atoms with Crippen LogP contribution in [0.1, 0.15) is 45.4 Å². The van der Waals surface area contributed by atoms with E-state index in [2.05, 4.69) is 10.5 Å². The summed E-state index contributed by atoms with van der Waals surface area (Å²) in [5.74, 6) is 0.834. The summed E-state index contributed by atoms with van der Waals surface area (Å²) >= 11 is 0. The van der Waals surface area contributed by atoms with Crippen molar-refractivity contribution in [3.05, 3.63) is 0 Å². The largest absolute Gasteiger partial charge is 0.409 e. The van der Waals surface area contributed by atoms with Crippen molar-refractivity contribution < 1.29 is 14.7 Å². The SMILES string of the molecule is CCOC1CC(CC(=O)NCCCCC(N)=NO)C1. The third-order valence-corrected chi connectivity index (χ3v) is 3.38. The van der Waals surface area contributed by atoms with E-state index in [0.717, 1.165) is 32.3 Å². The highest BCUT2D eigenvalue weighted by atomic mass is 16.5. The first-order valence-corrected chi connectivity index (χ1v) is 7.00. The average molecular weight is 271 g/mol. The summed E-state index contributed by atoms with van der Waals surface area (Å²) in [6, 6.07) is 0. The van der Waals surface area contributed by atoms with Gasteiger partial charge >= 0.3 is 0 Å². The fourth-order valence-corrected chi connectivity index (χ4v) is 2.26. The van der Waals surface area contributed by atoms with Gasteiger partial charge in [-0.05, 0) is 38.5 Å². The van der Waals surface area contributed by atoms with Crippen LogP contribution in [0, 0.1) is 5.92 Å². The van der Waals surface area contributed by atoms with Crippen LogP contribution < -0.4 is 11.1 Å². The second-order valence-corrected chi connectivity index (χ2v) is 5.02. The van der Waals surface area contributed by atoms with Gasteiger partial charge in [-0.2, -0.15) is 0 Å². The quantitative estimate of drug-likeness (QED) is 0.193. The molecule has 6 nitrogen and oxygen atoms in total. The van der Waals surface area contributed by atoms with E-state index in [1.807, 2.05) is 6.92 Å². The highest BCUT2D eigenvalue weighted by Crippen LogP contribution is 2.32. The van der Waals surface area contributed by atoms with Crippen LogP contribution in [0.3, 0.4) is 0 Å². The van der Waals surface area contributed by atoms with Gasteiger partial charge in [0.15, 0.2) is 0 Å². The third-order valence-electron chi connectivity index (χ3n) is 3.38. The lowest BCUT2D eigenvalue weighted by molar-refractivity contribution is -0.124. The Morgan fingerprint density at radius 1 is 1.47 bits per heavy atom. The number of amides is 1. The minimum Gasteiger partial charge on any atom is -0.409 e. The maximum atomic E-state index is 11.6. The van der Waals surface area contributed by atoms with Crippen LogP contribution in [-0.2, 0) is 9.53 Å².